The molecular weight excluding hydrogens is 271 g/mol. The second-order valence-electron chi connectivity index (χ2n) is 7.20. The SMILES string of the molecule is CCCc1cccc2cccc(B3OC(C)(C)C(C)(C)O3)c12. The molecule has 2 nitrogen and oxygen atoms in total. The summed E-state index contributed by atoms with van der Waals surface area (Å²) in [5.74, 6) is 0. The van der Waals surface area contributed by atoms with Gasteiger partial charge in [-0.3, -0.25) is 0 Å². The highest BCUT2D eigenvalue weighted by Crippen LogP contribution is 2.37. The first-order chi connectivity index (χ1) is 10.4. The van der Waals surface area contributed by atoms with Gasteiger partial charge < -0.3 is 9.31 Å². The Morgan fingerprint density at radius 1 is 0.909 bits per heavy atom. The predicted octanol–water partition coefficient (Wildman–Crippen LogP) is 4.09. The molecule has 0 aliphatic carbocycles. The van der Waals surface area contributed by atoms with E-state index in [1.165, 1.54) is 16.3 Å². The van der Waals surface area contributed by atoms with Crippen LogP contribution in [0.2, 0.25) is 0 Å². The molecule has 3 rings (SSSR count). The molecule has 22 heavy (non-hydrogen) atoms. The molecule has 116 valence electrons. The zero-order valence-corrected chi connectivity index (χ0v) is 14.3. The van der Waals surface area contributed by atoms with Gasteiger partial charge >= 0.3 is 7.12 Å². The van der Waals surface area contributed by atoms with Crippen LogP contribution in [-0.2, 0) is 15.7 Å². The van der Waals surface area contributed by atoms with Crippen molar-refractivity contribution in [1.82, 2.24) is 0 Å². The Balaban J connectivity index is 2.12. The van der Waals surface area contributed by atoms with Crippen LogP contribution in [0.4, 0.5) is 0 Å². The monoisotopic (exact) mass is 296 g/mol. The lowest BCUT2D eigenvalue weighted by atomic mass is 9.74. The maximum atomic E-state index is 6.27. The zero-order valence-electron chi connectivity index (χ0n) is 14.3. The summed E-state index contributed by atoms with van der Waals surface area (Å²) < 4.78 is 12.5. The lowest BCUT2D eigenvalue weighted by Gasteiger charge is -2.32. The van der Waals surface area contributed by atoms with Gasteiger partial charge in [0.1, 0.15) is 0 Å². The molecule has 0 radical (unpaired) electrons. The minimum Gasteiger partial charge on any atom is -0.399 e. The average molecular weight is 296 g/mol. The van der Waals surface area contributed by atoms with Crippen LogP contribution in [0.15, 0.2) is 36.4 Å². The Kier molecular flexibility index (Phi) is 3.82. The van der Waals surface area contributed by atoms with E-state index < -0.39 is 0 Å². The maximum Gasteiger partial charge on any atom is 0.495 e. The molecule has 0 spiro atoms. The highest BCUT2D eigenvalue weighted by molar-refractivity contribution is 6.65. The Hall–Kier alpha value is -1.32. The molecule has 0 bridgehead atoms. The predicted molar refractivity (Wildman–Crippen MR) is 93.7 cm³/mol. The quantitative estimate of drug-likeness (QED) is 0.794. The zero-order chi connectivity index (χ0) is 16.0. The van der Waals surface area contributed by atoms with E-state index in [4.69, 9.17) is 9.31 Å². The Bertz CT molecular complexity index is 670. The second kappa shape index (κ2) is 5.40. The van der Waals surface area contributed by atoms with Gasteiger partial charge in [0.05, 0.1) is 11.2 Å². The molecule has 1 heterocycles. The molecule has 1 aliphatic heterocycles. The van der Waals surface area contributed by atoms with E-state index in [0.717, 1.165) is 18.3 Å². The van der Waals surface area contributed by atoms with Crippen molar-refractivity contribution in [1.29, 1.82) is 0 Å². The third-order valence-electron chi connectivity index (χ3n) is 5.05. The third-order valence-corrected chi connectivity index (χ3v) is 5.05. The van der Waals surface area contributed by atoms with Gasteiger partial charge in [-0.05, 0) is 55.9 Å². The van der Waals surface area contributed by atoms with Crippen molar-refractivity contribution >= 4 is 23.4 Å². The third kappa shape index (κ3) is 2.47. The summed E-state index contributed by atoms with van der Waals surface area (Å²) in [4.78, 5) is 0. The average Bonchev–Trinajstić information content (AvgIpc) is 2.67. The highest BCUT2D eigenvalue weighted by Gasteiger charge is 2.52. The molecule has 1 aliphatic rings. The van der Waals surface area contributed by atoms with Gasteiger partial charge in [0.2, 0.25) is 0 Å². The summed E-state index contributed by atoms with van der Waals surface area (Å²) >= 11 is 0. The van der Waals surface area contributed by atoms with Crippen molar-refractivity contribution in [2.24, 2.45) is 0 Å². The van der Waals surface area contributed by atoms with Gasteiger partial charge in [0.15, 0.2) is 0 Å². The van der Waals surface area contributed by atoms with Crippen LogP contribution in [0, 0.1) is 0 Å². The van der Waals surface area contributed by atoms with Crippen molar-refractivity contribution < 1.29 is 9.31 Å². The van der Waals surface area contributed by atoms with Crippen LogP contribution in [0.3, 0.4) is 0 Å². The molecule has 0 unspecified atom stereocenters. The number of rotatable bonds is 3. The number of fused-ring (bicyclic) bond motifs is 1. The van der Waals surface area contributed by atoms with E-state index in [0.29, 0.717) is 0 Å². The molecule has 0 atom stereocenters. The largest absolute Gasteiger partial charge is 0.495 e. The van der Waals surface area contributed by atoms with E-state index in [1.807, 2.05) is 0 Å². The molecule has 0 aromatic heterocycles. The van der Waals surface area contributed by atoms with E-state index in [9.17, 15) is 0 Å². The van der Waals surface area contributed by atoms with Crippen LogP contribution >= 0.6 is 0 Å². The number of benzene rings is 2. The van der Waals surface area contributed by atoms with Gasteiger partial charge in [0, 0.05) is 0 Å². The Labute approximate surface area is 134 Å². The van der Waals surface area contributed by atoms with E-state index in [-0.39, 0.29) is 18.3 Å². The van der Waals surface area contributed by atoms with Gasteiger partial charge in [-0.1, -0.05) is 49.7 Å². The second-order valence-corrected chi connectivity index (χ2v) is 7.20. The molecule has 0 amide bonds. The highest BCUT2D eigenvalue weighted by atomic mass is 16.7. The first kappa shape index (κ1) is 15.6. The topological polar surface area (TPSA) is 18.5 Å². The van der Waals surface area contributed by atoms with Crippen LogP contribution in [-0.4, -0.2) is 18.3 Å². The molecule has 3 heteroatoms. The van der Waals surface area contributed by atoms with Crippen LogP contribution in [0.25, 0.3) is 10.8 Å². The number of hydrogen-bond acceptors (Lipinski definition) is 2. The minimum absolute atomic E-state index is 0.299. The standard InChI is InChI=1S/C19H25BO2/c1-6-9-14-10-7-11-15-12-8-13-16(17(14)15)20-21-18(2,3)19(4,5)22-20/h7-8,10-13H,6,9H2,1-5H3. The first-order valence-electron chi connectivity index (χ1n) is 8.22. The van der Waals surface area contributed by atoms with Crippen molar-refractivity contribution in [3.63, 3.8) is 0 Å². The fraction of sp³-hybridized carbons (Fsp3) is 0.474. The van der Waals surface area contributed by atoms with Crippen LogP contribution in [0.1, 0.15) is 46.6 Å². The molecule has 0 N–H and O–H groups in total. The van der Waals surface area contributed by atoms with Gasteiger partial charge in [0.25, 0.3) is 0 Å². The fourth-order valence-corrected chi connectivity index (χ4v) is 3.09. The molecular formula is C19H25BO2. The van der Waals surface area contributed by atoms with E-state index in [2.05, 4.69) is 71.0 Å². The van der Waals surface area contributed by atoms with Crippen molar-refractivity contribution in [3.8, 4) is 0 Å². The lowest BCUT2D eigenvalue weighted by molar-refractivity contribution is 0.00578. The van der Waals surface area contributed by atoms with Gasteiger partial charge in [-0.15, -0.1) is 0 Å². The Morgan fingerprint density at radius 3 is 2.09 bits per heavy atom. The van der Waals surface area contributed by atoms with Crippen LogP contribution in [0.5, 0.6) is 0 Å². The summed E-state index contributed by atoms with van der Waals surface area (Å²) in [5.41, 5.74) is 1.92. The summed E-state index contributed by atoms with van der Waals surface area (Å²) in [6.07, 6.45) is 2.21. The van der Waals surface area contributed by atoms with Crippen LogP contribution < -0.4 is 5.46 Å². The molecule has 0 saturated carbocycles. The summed E-state index contributed by atoms with van der Waals surface area (Å²) in [5, 5.41) is 2.56. The fourth-order valence-electron chi connectivity index (χ4n) is 3.09. The smallest absolute Gasteiger partial charge is 0.399 e. The van der Waals surface area contributed by atoms with Gasteiger partial charge in [-0.2, -0.15) is 0 Å². The first-order valence-corrected chi connectivity index (χ1v) is 8.22. The Morgan fingerprint density at radius 2 is 1.50 bits per heavy atom. The molecule has 1 saturated heterocycles. The van der Waals surface area contributed by atoms with E-state index in [1.54, 1.807) is 0 Å². The summed E-state index contributed by atoms with van der Waals surface area (Å²) in [6.45, 7) is 10.6. The van der Waals surface area contributed by atoms with Crippen molar-refractivity contribution in [3.05, 3.63) is 42.0 Å². The summed E-state index contributed by atoms with van der Waals surface area (Å²) in [7, 11) is -0.299. The number of aryl methyl sites for hydroxylation is 1. The minimum atomic E-state index is -0.306. The van der Waals surface area contributed by atoms with Crippen molar-refractivity contribution in [2.75, 3.05) is 0 Å². The molecule has 2 aromatic rings. The lowest BCUT2D eigenvalue weighted by Crippen LogP contribution is -2.41. The van der Waals surface area contributed by atoms with E-state index >= 15 is 0 Å². The maximum absolute atomic E-state index is 6.27. The molecule has 2 aromatic carbocycles. The normalized spacial score (nSPS) is 19.8. The number of hydrogen-bond donors (Lipinski definition) is 0. The van der Waals surface area contributed by atoms with Gasteiger partial charge in [-0.25, -0.2) is 0 Å². The molecule has 1 fully saturated rings. The van der Waals surface area contributed by atoms with Crippen molar-refractivity contribution in [2.45, 2.75) is 58.7 Å². The summed E-state index contributed by atoms with van der Waals surface area (Å²) in [6, 6.07) is 12.9.